The normalized spacial score (nSPS) is 11.1. The van der Waals surface area contributed by atoms with Crippen LogP contribution >= 0.6 is 12.2 Å². The van der Waals surface area contributed by atoms with E-state index in [0.29, 0.717) is 21.5 Å². The zero-order valence-corrected chi connectivity index (χ0v) is 16.2. The molecule has 2 aromatic heterocycles. The quantitative estimate of drug-likeness (QED) is 0.351. The number of aromatic amines is 1. The van der Waals surface area contributed by atoms with E-state index in [-0.39, 0.29) is 5.82 Å². The first-order chi connectivity index (χ1) is 14.2. The number of hydrogen-bond donors (Lipinski definition) is 1. The van der Waals surface area contributed by atoms with Crippen molar-refractivity contribution in [1.82, 2.24) is 14.4 Å². The number of H-pyrrole nitrogens is 1. The first-order valence-electron chi connectivity index (χ1n) is 9.22. The largest absolute Gasteiger partial charge is 0.323 e. The summed E-state index contributed by atoms with van der Waals surface area (Å²) >= 11 is 5.62. The van der Waals surface area contributed by atoms with Gasteiger partial charge in [0.15, 0.2) is 0 Å². The SMILES string of the molecule is Fc1ccccc1-c1cnc2[nH]c(-c3ccc(-c4ccccc4)cc3)cn2c1=S. The number of hydrogen-bond acceptors (Lipinski definition) is 2. The van der Waals surface area contributed by atoms with Crippen molar-refractivity contribution in [2.45, 2.75) is 0 Å². The van der Waals surface area contributed by atoms with Crippen LogP contribution in [-0.4, -0.2) is 14.4 Å². The summed E-state index contributed by atoms with van der Waals surface area (Å²) in [4.78, 5) is 7.74. The van der Waals surface area contributed by atoms with Crippen LogP contribution in [-0.2, 0) is 0 Å². The van der Waals surface area contributed by atoms with Crippen LogP contribution in [0, 0.1) is 10.5 Å². The lowest BCUT2D eigenvalue weighted by Gasteiger charge is -2.04. The highest BCUT2D eigenvalue weighted by Crippen LogP contribution is 2.27. The molecule has 5 heteroatoms. The number of imidazole rings is 1. The summed E-state index contributed by atoms with van der Waals surface area (Å²) in [6, 6.07) is 25.1. The summed E-state index contributed by atoms with van der Waals surface area (Å²) in [5.41, 5.74) is 5.30. The van der Waals surface area contributed by atoms with Gasteiger partial charge in [0, 0.05) is 23.5 Å². The minimum absolute atomic E-state index is 0.312. The Kier molecular flexibility index (Phi) is 4.30. The fourth-order valence-corrected chi connectivity index (χ4v) is 3.75. The molecule has 0 aliphatic heterocycles. The summed E-state index contributed by atoms with van der Waals surface area (Å²) in [6.07, 6.45) is 3.53. The monoisotopic (exact) mass is 397 g/mol. The molecule has 29 heavy (non-hydrogen) atoms. The average Bonchev–Trinajstić information content (AvgIpc) is 3.21. The van der Waals surface area contributed by atoms with Crippen molar-refractivity contribution < 1.29 is 4.39 Å². The molecule has 0 saturated carbocycles. The van der Waals surface area contributed by atoms with Gasteiger partial charge in [0.2, 0.25) is 5.78 Å². The van der Waals surface area contributed by atoms with Crippen molar-refractivity contribution >= 4 is 18.0 Å². The van der Waals surface area contributed by atoms with E-state index in [1.165, 1.54) is 11.6 Å². The molecule has 3 aromatic carbocycles. The van der Waals surface area contributed by atoms with E-state index in [2.05, 4.69) is 46.4 Å². The molecule has 0 amide bonds. The minimum atomic E-state index is -0.312. The maximum absolute atomic E-state index is 14.2. The molecule has 0 radical (unpaired) electrons. The maximum atomic E-state index is 14.2. The lowest BCUT2D eigenvalue weighted by molar-refractivity contribution is 0.631. The third-order valence-corrected chi connectivity index (χ3v) is 5.38. The first kappa shape index (κ1) is 17.5. The average molecular weight is 397 g/mol. The molecule has 0 bridgehead atoms. The number of benzene rings is 3. The van der Waals surface area contributed by atoms with E-state index in [4.69, 9.17) is 12.2 Å². The second-order valence-electron chi connectivity index (χ2n) is 6.76. The van der Waals surface area contributed by atoms with Crippen LogP contribution in [0.25, 0.3) is 39.3 Å². The van der Waals surface area contributed by atoms with E-state index in [0.717, 1.165) is 16.8 Å². The van der Waals surface area contributed by atoms with Gasteiger partial charge in [-0.2, -0.15) is 0 Å². The van der Waals surface area contributed by atoms with E-state index in [1.807, 2.05) is 24.4 Å². The lowest BCUT2D eigenvalue weighted by Crippen LogP contribution is -1.94. The topological polar surface area (TPSA) is 33.1 Å². The Hall–Kier alpha value is -3.57. The number of fused-ring (bicyclic) bond motifs is 1. The van der Waals surface area contributed by atoms with Crippen molar-refractivity contribution in [2.24, 2.45) is 0 Å². The molecule has 5 aromatic rings. The van der Waals surface area contributed by atoms with Crippen LogP contribution in [0.1, 0.15) is 0 Å². The number of nitrogens with one attached hydrogen (secondary N) is 1. The Bertz CT molecular complexity index is 1370. The predicted molar refractivity (Wildman–Crippen MR) is 117 cm³/mol. The molecule has 0 spiro atoms. The van der Waals surface area contributed by atoms with Gasteiger partial charge in [0.05, 0.1) is 5.69 Å². The van der Waals surface area contributed by atoms with Gasteiger partial charge < -0.3 is 4.98 Å². The van der Waals surface area contributed by atoms with E-state index in [1.54, 1.807) is 28.8 Å². The van der Waals surface area contributed by atoms with Gasteiger partial charge in [0.25, 0.3) is 0 Å². The standard InChI is InChI=1S/C24H16FN3S/c25-21-9-5-4-8-19(21)20-14-26-24-27-22(15-28(24)23(20)29)18-12-10-17(11-13-18)16-6-2-1-3-7-16/h1-15H,(H,26,27). The van der Waals surface area contributed by atoms with E-state index in [9.17, 15) is 4.39 Å². The summed E-state index contributed by atoms with van der Waals surface area (Å²) in [7, 11) is 0. The fraction of sp³-hybridized carbons (Fsp3) is 0. The fourth-order valence-electron chi connectivity index (χ4n) is 3.45. The number of halogens is 1. The third kappa shape index (κ3) is 3.15. The highest BCUT2D eigenvalue weighted by Gasteiger charge is 2.11. The molecule has 1 N–H and O–H groups in total. The second-order valence-corrected chi connectivity index (χ2v) is 7.15. The van der Waals surface area contributed by atoms with Crippen LogP contribution in [0.2, 0.25) is 0 Å². The molecule has 0 aliphatic rings. The molecule has 3 nitrogen and oxygen atoms in total. The van der Waals surface area contributed by atoms with Crippen LogP contribution in [0.15, 0.2) is 91.3 Å². The highest BCUT2D eigenvalue weighted by atomic mass is 32.1. The Morgan fingerprint density at radius 3 is 2.17 bits per heavy atom. The van der Waals surface area contributed by atoms with E-state index < -0.39 is 0 Å². The van der Waals surface area contributed by atoms with Crippen molar-refractivity contribution in [2.75, 3.05) is 0 Å². The maximum Gasteiger partial charge on any atom is 0.212 e. The molecule has 0 fully saturated rings. The van der Waals surface area contributed by atoms with Gasteiger partial charge in [-0.05, 0) is 22.8 Å². The molecule has 0 atom stereocenters. The van der Waals surface area contributed by atoms with E-state index >= 15 is 0 Å². The molecule has 0 saturated heterocycles. The lowest BCUT2D eigenvalue weighted by atomic mass is 10.0. The summed E-state index contributed by atoms with van der Waals surface area (Å²) < 4.78 is 16.5. The van der Waals surface area contributed by atoms with Gasteiger partial charge in [0.1, 0.15) is 10.5 Å². The Labute approximate surface area is 172 Å². The Morgan fingerprint density at radius 2 is 1.41 bits per heavy atom. The third-order valence-electron chi connectivity index (χ3n) is 4.97. The van der Waals surface area contributed by atoms with Gasteiger partial charge in [-0.25, -0.2) is 9.37 Å². The van der Waals surface area contributed by atoms with Crippen LogP contribution < -0.4 is 0 Å². The zero-order valence-electron chi connectivity index (χ0n) is 15.3. The molecule has 0 aliphatic carbocycles. The first-order valence-corrected chi connectivity index (χ1v) is 9.63. The summed E-state index contributed by atoms with van der Waals surface area (Å²) in [5.74, 6) is 0.310. The second kappa shape index (κ2) is 7.11. The Morgan fingerprint density at radius 1 is 0.759 bits per heavy atom. The van der Waals surface area contributed by atoms with Gasteiger partial charge >= 0.3 is 0 Å². The highest BCUT2D eigenvalue weighted by molar-refractivity contribution is 7.71. The van der Waals surface area contributed by atoms with Crippen molar-refractivity contribution in [3.8, 4) is 33.5 Å². The van der Waals surface area contributed by atoms with Gasteiger partial charge in [-0.1, -0.05) is 85.0 Å². The number of aromatic nitrogens is 3. The summed E-state index contributed by atoms with van der Waals surface area (Å²) in [6.45, 7) is 0. The van der Waals surface area contributed by atoms with Crippen molar-refractivity contribution in [3.63, 3.8) is 0 Å². The molecule has 5 rings (SSSR count). The number of rotatable bonds is 3. The Balaban J connectivity index is 1.56. The van der Waals surface area contributed by atoms with Crippen LogP contribution in [0.3, 0.4) is 0 Å². The molecule has 2 heterocycles. The molecule has 0 unspecified atom stereocenters. The molecular formula is C24H16FN3S. The van der Waals surface area contributed by atoms with Crippen molar-refractivity contribution in [3.05, 3.63) is 102 Å². The van der Waals surface area contributed by atoms with Crippen LogP contribution in [0.5, 0.6) is 0 Å². The predicted octanol–water partition coefficient (Wildman–Crippen LogP) is 6.53. The van der Waals surface area contributed by atoms with Gasteiger partial charge in [-0.15, -0.1) is 0 Å². The molecule has 140 valence electrons. The van der Waals surface area contributed by atoms with Crippen LogP contribution in [0.4, 0.5) is 4.39 Å². The van der Waals surface area contributed by atoms with Gasteiger partial charge in [-0.3, -0.25) is 4.40 Å². The summed E-state index contributed by atoms with van der Waals surface area (Å²) in [5, 5.41) is 0. The smallest absolute Gasteiger partial charge is 0.212 e. The zero-order chi connectivity index (χ0) is 19.8. The number of nitrogens with zero attached hydrogens (tertiary/aromatic N) is 2. The minimum Gasteiger partial charge on any atom is -0.323 e. The molecular weight excluding hydrogens is 381 g/mol. The van der Waals surface area contributed by atoms with Crippen molar-refractivity contribution in [1.29, 1.82) is 0 Å².